The summed E-state index contributed by atoms with van der Waals surface area (Å²) in [6, 6.07) is 11.4. The van der Waals surface area contributed by atoms with Gasteiger partial charge in [0.25, 0.3) is 0 Å². The maximum Gasteiger partial charge on any atom is 0.138 e. The summed E-state index contributed by atoms with van der Waals surface area (Å²) in [6.07, 6.45) is 11.9. The van der Waals surface area contributed by atoms with Crippen LogP contribution in [-0.2, 0) is 6.42 Å². The molecule has 1 N–H and O–H groups in total. The molecule has 1 aliphatic heterocycles. The molecule has 1 fully saturated rings. The summed E-state index contributed by atoms with van der Waals surface area (Å²) in [5, 5.41) is 3.65. The van der Waals surface area contributed by atoms with E-state index < -0.39 is 0 Å². The molecular formula is C20H26N4. The van der Waals surface area contributed by atoms with Gasteiger partial charge in [-0.1, -0.05) is 43.9 Å². The minimum atomic E-state index is 0.559. The number of aromatic nitrogens is 2. The van der Waals surface area contributed by atoms with Crippen molar-refractivity contribution >= 4 is 17.3 Å². The average Bonchev–Trinajstić information content (AvgIpc) is 2.90. The van der Waals surface area contributed by atoms with Crippen molar-refractivity contribution in [1.29, 1.82) is 0 Å². The normalized spacial score (nSPS) is 18.8. The Morgan fingerprint density at radius 1 is 0.958 bits per heavy atom. The smallest absolute Gasteiger partial charge is 0.138 e. The Kier molecular flexibility index (Phi) is 4.63. The van der Waals surface area contributed by atoms with Crippen molar-refractivity contribution in [2.75, 3.05) is 16.8 Å². The number of anilines is 3. The van der Waals surface area contributed by atoms with Gasteiger partial charge in [-0.05, 0) is 37.3 Å². The molecule has 0 atom stereocenters. The molecule has 0 spiro atoms. The molecule has 126 valence electrons. The fourth-order valence-electron chi connectivity index (χ4n) is 3.98. The van der Waals surface area contributed by atoms with E-state index in [1.807, 2.05) is 0 Å². The molecule has 2 aromatic rings. The fourth-order valence-corrected chi connectivity index (χ4v) is 3.98. The Bertz CT molecular complexity index is 677. The first-order valence-electron chi connectivity index (χ1n) is 9.34. The van der Waals surface area contributed by atoms with Crippen molar-refractivity contribution in [3.05, 3.63) is 42.2 Å². The lowest BCUT2D eigenvalue weighted by Crippen LogP contribution is -2.26. The standard InChI is InChI=1S/C20H26N4/c1-2-4-11-17(10-3-1)23-19-14-20(22-15-21-19)24-13-7-9-16-8-5-6-12-18(16)24/h5-6,8,12,14-15,17H,1-4,7,9-11,13H2,(H,21,22,23). The maximum absolute atomic E-state index is 4.55. The van der Waals surface area contributed by atoms with Crippen LogP contribution in [0.1, 0.15) is 50.5 Å². The third-order valence-corrected chi connectivity index (χ3v) is 5.25. The summed E-state index contributed by atoms with van der Waals surface area (Å²) >= 11 is 0. The van der Waals surface area contributed by atoms with Gasteiger partial charge in [0.1, 0.15) is 18.0 Å². The van der Waals surface area contributed by atoms with E-state index in [1.165, 1.54) is 56.2 Å². The monoisotopic (exact) mass is 322 g/mol. The molecule has 4 rings (SSSR count). The number of nitrogens with zero attached hydrogens (tertiary/aromatic N) is 3. The SMILES string of the molecule is c1ccc2c(c1)CCCN2c1cc(NC2CCCCCC2)ncn1. The zero-order chi connectivity index (χ0) is 16.2. The predicted octanol–water partition coefficient (Wildman–Crippen LogP) is 4.70. The second-order valence-electron chi connectivity index (χ2n) is 6.98. The van der Waals surface area contributed by atoms with E-state index in [9.17, 15) is 0 Å². The lowest BCUT2D eigenvalue weighted by molar-refractivity contribution is 0.617. The second-order valence-corrected chi connectivity index (χ2v) is 6.98. The van der Waals surface area contributed by atoms with Crippen LogP contribution in [0.4, 0.5) is 17.3 Å². The number of hydrogen-bond acceptors (Lipinski definition) is 4. The van der Waals surface area contributed by atoms with Crippen LogP contribution < -0.4 is 10.2 Å². The van der Waals surface area contributed by atoms with Crippen molar-refractivity contribution in [2.24, 2.45) is 0 Å². The van der Waals surface area contributed by atoms with Crippen LogP contribution in [0.25, 0.3) is 0 Å². The minimum Gasteiger partial charge on any atom is -0.367 e. The molecular weight excluding hydrogens is 296 g/mol. The highest BCUT2D eigenvalue weighted by Gasteiger charge is 2.19. The van der Waals surface area contributed by atoms with Gasteiger partial charge >= 0.3 is 0 Å². The second kappa shape index (κ2) is 7.20. The summed E-state index contributed by atoms with van der Waals surface area (Å²) in [6.45, 7) is 1.02. The zero-order valence-electron chi connectivity index (χ0n) is 14.2. The van der Waals surface area contributed by atoms with Crippen molar-refractivity contribution in [3.63, 3.8) is 0 Å². The van der Waals surface area contributed by atoms with Crippen LogP contribution in [-0.4, -0.2) is 22.6 Å². The lowest BCUT2D eigenvalue weighted by atomic mass is 10.0. The Labute approximate surface area is 144 Å². The van der Waals surface area contributed by atoms with E-state index in [0.717, 1.165) is 24.6 Å². The van der Waals surface area contributed by atoms with Crippen molar-refractivity contribution in [2.45, 2.75) is 57.4 Å². The Morgan fingerprint density at radius 2 is 1.79 bits per heavy atom. The number of benzene rings is 1. The molecule has 0 unspecified atom stereocenters. The summed E-state index contributed by atoms with van der Waals surface area (Å²) in [7, 11) is 0. The van der Waals surface area contributed by atoms with Gasteiger partial charge in [-0.25, -0.2) is 9.97 Å². The molecule has 1 saturated carbocycles. The van der Waals surface area contributed by atoms with Crippen LogP contribution in [0.2, 0.25) is 0 Å². The van der Waals surface area contributed by atoms with Crippen molar-refractivity contribution in [1.82, 2.24) is 9.97 Å². The van der Waals surface area contributed by atoms with Crippen LogP contribution in [0.5, 0.6) is 0 Å². The van der Waals surface area contributed by atoms with E-state index in [1.54, 1.807) is 6.33 Å². The van der Waals surface area contributed by atoms with E-state index in [-0.39, 0.29) is 0 Å². The number of aryl methyl sites for hydroxylation is 1. The number of para-hydroxylation sites is 1. The quantitative estimate of drug-likeness (QED) is 0.832. The molecule has 0 saturated heterocycles. The van der Waals surface area contributed by atoms with E-state index in [4.69, 9.17) is 0 Å². The molecule has 1 aromatic heterocycles. The minimum absolute atomic E-state index is 0.559. The topological polar surface area (TPSA) is 41.0 Å². The predicted molar refractivity (Wildman–Crippen MR) is 98.9 cm³/mol. The van der Waals surface area contributed by atoms with Crippen LogP contribution >= 0.6 is 0 Å². The van der Waals surface area contributed by atoms with E-state index in [0.29, 0.717) is 6.04 Å². The maximum atomic E-state index is 4.55. The third-order valence-electron chi connectivity index (χ3n) is 5.25. The first kappa shape index (κ1) is 15.4. The van der Waals surface area contributed by atoms with Crippen LogP contribution in [0, 0.1) is 0 Å². The Balaban J connectivity index is 1.55. The van der Waals surface area contributed by atoms with Crippen LogP contribution in [0.15, 0.2) is 36.7 Å². The van der Waals surface area contributed by atoms with Gasteiger partial charge in [-0.15, -0.1) is 0 Å². The van der Waals surface area contributed by atoms with E-state index in [2.05, 4.69) is 50.5 Å². The first-order valence-corrected chi connectivity index (χ1v) is 9.34. The molecule has 0 amide bonds. The number of fused-ring (bicyclic) bond motifs is 1. The zero-order valence-corrected chi connectivity index (χ0v) is 14.2. The molecule has 1 aliphatic carbocycles. The Morgan fingerprint density at radius 3 is 2.67 bits per heavy atom. The average molecular weight is 322 g/mol. The van der Waals surface area contributed by atoms with E-state index >= 15 is 0 Å². The summed E-state index contributed by atoms with van der Waals surface area (Å²) in [5.74, 6) is 1.98. The van der Waals surface area contributed by atoms with Gasteiger partial charge in [0.15, 0.2) is 0 Å². The lowest BCUT2D eigenvalue weighted by Gasteiger charge is -2.30. The number of hydrogen-bond donors (Lipinski definition) is 1. The molecule has 1 aromatic carbocycles. The highest BCUT2D eigenvalue weighted by Crippen LogP contribution is 2.32. The molecule has 0 bridgehead atoms. The van der Waals surface area contributed by atoms with Crippen molar-refractivity contribution in [3.8, 4) is 0 Å². The number of rotatable bonds is 3. The van der Waals surface area contributed by atoms with Gasteiger partial charge < -0.3 is 10.2 Å². The summed E-state index contributed by atoms with van der Waals surface area (Å²) < 4.78 is 0. The highest BCUT2D eigenvalue weighted by molar-refractivity contribution is 5.66. The highest BCUT2D eigenvalue weighted by atomic mass is 15.2. The molecule has 4 heteroatoms. The fraction of sp³-hybridized carbons (Fsp3) is 0.500. The molecule has 2 heterocycles. The third kappa shape index (κ3) is 3.37. The number of nitrogens with one attached hydrogen (secondary N) is 1. The Hall–Kier alpha value is -2.10. The summed E-state index contributed by atoms with van der Waals surface area (Å²) in [4.78, 5) is 11.3. The molecule has 24 heavy (non-hydrogen) atoms. The van der Waals surface area contributed by atoms with Gasteiger partial charge in [-0.2, -0.15) is 0 Å². The molecule has 4 nitrogen and oxygen atoms in total. The van der Waals surface area contributed by atoms with Gasteiger partial charge in [0.05, 0.1) is 0 Å². The van der Waals surface area contributed by atoms with Crippen molar-refractivity contribution < 1.29 is 0 Å². The largest absolute Gasteiger partial charge is 0.367 e. The summed E-state index contributed by atoms with van der Waals surface area (Å²) in [5.41, 5.74) is 2.71. The van der Waals surface area contributed by atoms with Gasteiger partial charge in [0.2, 0.25) is 0 Å². The van der Waals surface area contributed by atoms with Gasteiger partial charge in [-0.3, -0.25) is 0 Å². The van der Waals surface area contributed by atoms with Gasteiger partial charge in [0, 0.05) is 24.3 Å². The molecule has 2 aliphatic rings. The molecule has 0 radical (unpaired) electrons. The van der Waals surface area contributed by atoms with Crippen LogP contribution in [0.3, 0.4) is 0 Å². The first-order chi connectivity index (χ1) is 11.9.